The highest BCUT2D eigenvalue weighted by atomic mass is 32.1. The molecule has 7 nitrogen and oxygen atoms in total. The molecule has 0 aliphatic rings. The topological polar surface area (TPSA) is 105 Å². The summed E-state index contributed by atoms with van der Waals surface area (Å²) in [5.41, 5.74) is -0.490. The Kier molecular flexibility index (Phi) is 6.20. The normalized spacial score (nSPS) is 13.0. The second kappa shape index (κ2) is 8.79. The standard InChI is InChI=1S/C20H21N3O4S/c1-2-20(19(25)26,14-7-4-3-5-8-14)13-21-16(24)10-11-17-22-18(23-27-17)15-9-6-12-28-15/h3-9,12H,2,10-11,13H2,1H3,(H,21,24)(H,25,26). The average Bonchev–Trinajstić information content (AvgIpc) is 3.39. The molecule has 28 heavy (non-hydrogen) atoms. The molecule has 3 rings (SSSR count). The number of carbonyl (C=O) groups is 2. The van der Waals surface area contributed by atoms with Crippen LogP contribution in [0.4, 0.5) is 0 Å². The molecular formula is C20H21N3O4S. The summed E-state index contributed by atoms with van der Waals surface area (Å²) in [4.78, 5) is 29.4. The van der Waals surface area contributed by atoms with Gasteiger partial charge in [0.25, 0.3) is 0 Å². The van der Waals surface area contributed by atoms with Crippen molar-refractivity contribution < 1.29 is 19.2 Å². The van der Waals surface area contributed by atoms with Crippen LogP contribution in [0, 0.1) is 0 Å². The molecule has 0 aliphatic carbocycles. The SMILES string of the molecule is CCC(CNC(=O)CCc1nc(-c2cccs2)no1)(C(=O)O)c1ccccc1. The van der Waals surface area contributed by atoms with E-state index in [0.717, 1.165) is 4.88 Å². The monoisotopic (exact) mass is 399 g/mol. The number of carboxylic acids is 1. The van der Waals surface area contributed by atoms with Crippen molar-refractivity contribution in [2.45, 2.75) is 31.6 Å². The molecule has 1 aromatic carbocycles. The second-order valence-electron chi connectivity index (χ2n) is 6.37. The van der Waals surface area contributed by atoms with Crippen molar-refractivity contribution in [2.24, 2.45) is 0 Å². The zero-order valence-corrected chi connectivity index (χ0v) is 16.2. The Labute approximate surface area is 166 Å². The number of rotatable bonds is 9. The van der Waals surface area contributed by atoms with E-state index < -0.39 is 11.4 Å². The first kappa shape index (κ1) is 19.8. The minimum absolute atomic E-state index is 0.0198. The van der Waals surface area contributed by atoms with Crippen molar-refractivity contribution in [3.63, 3.8) is 0 Å². The summed E-state index contributed by atoms with van der Waals surface area (Å²) in [6.45, 7) is 1.82. The number of hydrogen-bond acceptors (Lipinski definition) is 6. The van der Waals surface area contributed by atoms with Gasteiger partial charge in [-0.3, -0.25) is 9.59 Å². The Bertz CT molecular complexity index is 924. The molecule has 8 heteroatoms. The van der Waals surface area contributed by atoms with Crippen LogP contribution in [-0.4, -0.2) is 33.7 Å². The fraction of sp³-hybridized carbons (Fsp3) is 0.300. The zero-order chi connectivity index (χ0) is 20.0. The average molecular weight is 399 g/mol. The number of benzene rings is 1. The van der Waals surface area contributed by atoms with Crippen LogP contribution in [0.5, 0.6) is 0 Å². The predicted molar refractivity (Wildman–Crippen MR) is 105 cm³/mol. The van der Waals surface area contributed by atoms with Gasteiger partial charge in [0.15, 0.2) is 0 Å². The van der Waals surface area contributed by atoms with E-state index in [0.29, 0.717) is 30.1 Å². The third kappa shape index (κ3) is 4.28. The molecule has 146 valence electrons. The molecule has 0 radical (unpaired) electrons. The van der Waals surface area contributed by atoms with Crippen LogP contribution in [0.1, 0.15) is 31.2 Å². The molecule has 0 aliphatic heterocycles. The number of thiophene rings is 1. The van der Waals surface area contributed by atoms with Gasteiger partial charge < -0.3 is 14.9 Å². The van der Waals surface area contributed by atoms with Gasteiger partial charge in [-0.15, -0.1) is 11.3 Å². The number of aromatic nitrogens is 2. The van der Waals surface area contributed by atoms with Crippen molar-refractivity contribution in [3.05, 3.63) is 59.3 Å². The highest BCUT2D eigenvalue weighted by molar-refractivity contribution is 7.13. The van der Waals surface area contributed by atoms with Gasteiger partial charge in [0.1, 0.15) is 5.41 Å². The Balaban J connectivity index is 1.59. The number of nitrogens with zero attached hydrogens (tertiary/aromatic N) is 2. The first-order valence-electron chi connectivity index (χ1n) is 8.97. The molecule has 0 saturated heterocycles. The van der Waals surface area contributed by atoms with Crippen molar-refractivity contribution >= 4 is 23.2 Å². The van der Waals surface area contributed by atoms with Gasteiger partial charge >= 0.3 is 5.97 Å². The van der Waals surface area contributed by atoms with E-state index in [2.05, 4.69) is 15.5 Å². The van der Waals surface area contributed by atoms with E-state index in [1.54, 1.807) is 31.2 Å². The summed E-state index contributed by atoms with van der Waals surface area (Å²) < 4.78 is 5.18. The summed E-state index contributed by atoms with van der Waals surface area (Å²) in [6.07, 6.45) is 0.794. The number of aryl methyl sites for hydroxylation is 1. The van der Waals surface area contributed by atoms with Gasteiger partial charge in [-0.05, 0) is 23.4 Å². The zero-order valence-electron chi connectivity index (χ0n) is 15.4. The van der Waals surface area contributed by atoms with E-state index >= 15 is 0 Å². The molecule has 0 spiro atoms. The summed E-state index contributed by atoms with van der Waals surface area (Å²) >= 11 is 1.51. The quantitative estimate of drug-likeness (QED) is 0.572. The summed E-state index contributed by atoms with van der Waals surface area (Å²) in [5, 5.41) is 18.4. The van der Waals surface area contributed by atoms with Crippen molar-refractivity contribution in [3.8, 4) is 10.7 Å². The summed E-state index contributed by atoms with van der Waals surface area (Å²) in [5.74, 6) is -0.336. The van der Waals surface area contributed by atoms with Crippen LogP contribution < -0.4 is 5.32 Å². The van der Waals surface area contributed by atoms with Crippen LogP contribution in [0.3, 0.4) is 0 Å². The second-order valence-corrected chi connectivity index (χ2v) is 7.32. The number of aliphatic carboxylic acids is 1. The van der Waals surface area contributed by atoms with Gasteiger partial charge in [0.05, 0.1) is 4.88 Å². The van der Waals surface area contributed by atoms with Gasteiger partial charge in [-0.1, -0.05) is 48.5 Å². The lowest BCUT2D eigenvalue weighted by Gasteiger charge is -2.29. The Hall–Kier alpha value is -3.00. The fourth-order valence-corrected chi connectivity index (χ4v) is 3.61. The number of hydrogen-bond donors (Lipinski definition) is 2. The maximum absolute atomic E-state index is 12.3. The fourth-order valence-electron chi connectivity index (χ4n) is 2.96. The third-order valence-corrected chi connectivity index (χ3v) is 5.57. The number of amides is 1. The van der Waals surface area contributed by atoms with Crippen molar-refractivity contribution in [1.29, 1.82) is 0 Å². The van der Waals surface area contributed by atoms with E-state index in [1.165, 1.54) is 11.3 Å². The van der Waals surface area contributed by atoms with Gasteiger partial charge in [0.2, 0.25) is 17.6 Å². The molecule has 1 amide bonds. The van der Waals surface area contributed by atoms with E-state index in [9.17, 15) is 14.7 Å². The van der Waals surface area contributed by atoms with Crippen LogP contribution in [0.2, 0.25) is 0 Å². The largest absolute Gasteiger partial charge is 0.481 e. The highest BCUT2D eigenvalue weighted by Crippen LogP contribution is 2.28. The molecule has 0 bridgehead atoms. The molecule has 0 saturated carbocycles. The molecular weight excluding hydrogens is 378 g/mol. The van der Waals surface area contributed by atoms with Gasteiger partial charge in [-0.25, -0.2) is 0 Å². The van der Waals surface area contributed by atoms with Gasteiger partial charge in [0, 0.05) is 19.4 Å². The lowest BCUT2D eigenvalue weighted by Crippen LogP contribution is -2.46. The van der Waals surface area contributed by atoms with Crippen LogP contribution in [-0.2, 0) is 21.4 Å². The lowest BCUT2D eigenvalue weighted by atomic mass is 9.78. The van der Waals surface area contributed by atoms with Crippen LogP contribution in [0.15, 0.2) is 52.4 Å². The van der Waals surface area contributed by atoms with Crippen molar-refractivity contribution in [1.82, 2.24) is 15.5 Å². The Morgan fingerprint density at radius 1 is 1.21 bits per heavy atom. The maximum atomic E-state index is 12.3. The number of carboxylic acid groups (broad SMARTS) is 1. The Morgan fingerprint density at radius 2 is 2.00 bits per heavy atom. The summed E-state index contributed by atoms with van der Waals surface area (Å²) in [6, 6.07) is 12.8. The smallest absolute Gasteiger partial charge is 0.315 e. The van der Waals surface area contributed by atoms with E-state index in [1.807, 2.05) is 23.6 Å². The number of carbonyl (C=O) groups excluding carboxylic acids is 1. The molecule has 1 unspecified atom stereocenters. The van der Waals surface area contributed by atoms with Crippen LogP contribution >= 0.6 is 11.3 Å². The molecule has 2 heterocycles. The van der Waals surface area contributed by atoms with E-state index in [4.69, 9.17) is 4.52 Å². The third-order valence-electron chi connectivity index (χ3n) is 4.70. The first-order chi connectivity index (χ1) is 13.5. The van der Waals surface area contributed by atoms with Gasteiger partial charge in [-0.2, -0.15) is 4.98 Å². The summed E-state index contributed by atoms with van der Waals surface area (Å²) in [7, 11) is 0. The molecule has 2 aromatic heterocycles. The first-order valence-corrected chi connectivity index (χ1v) is 9.85. The molecule has 2 N–H and O–H groups in total. The van der Waals surface area contributed by atoms with E-state index in [-0.39, 0.29) is 18.9 Å². The predicted octanol–water partition coefficient (Wildman–Crippen LogP) is 3.28. The minimum Gasteiger partial charge on any atom is -0.481 e. The van der Waals surface area contributed by atoms with Crippen LogP contribution in [0.25, 0.3) is 10.7 Å². The highest BCUT2D eigenvalue weighted by Gasteiger charge is 2.38. The van der Waals surface area contributed by atoms with Crippen molar-refractivity contribution in [2.75, 3.05) is 6.54 Å². The lowest BCUT2D eigenvalue weighted by molar-refractivity contribution is -0.144. The minimum atomic E-state index is -1.16. The molecule has 3 aromatic rings. The molecule has 1 atom stereocenters. The Morgan fingerprint density at radius 3 is 2.64 bits per heavy atom. The molecule has 0 fully saturated rings. The number of nitrogens with one attached hydrogen (secondary N) is 1. The maximum Gasteiger partial charge on any atom is 0.315 e.